The molecule has 1 heterocycles. The first kappa shape index (κ1) is 14.2. The zero-order valence-corrected chi connectivity index (χ0v) is 12.8. The quantitative estimate of drug-likeness (QED) is 0.808. The van der Waals surface area contributed by atoms with Gasteiger partial charge in [-0.1, -0.05) is 36.4 Å². The highest BCUT2D eigenvalue weighted by molar-refractivity contribution is 6.09. The number of fused-ring (bicyclic) bond motifs is 1. The fraction of sp³-hybridized carbons (Fsp3) is 0.389. The van der Waals surface area contributed by atoms with E-state index in [0.717, 1.165) is 37.1 Å². The van der Waals surface area contributed by atoms with Gasteiger partial charge in [-0.2, -0.15) is 0 Å². The van der Waals surface area contributed by atoms with Gasteiger partial charge in [-0.25, -0.2) is 0 Å². The Morgan fingerprint density at radius 2 is 1.67 bits per heavy atom. The zero-order chi connectivity index (χ0) is 14.8. The molecule has 0 amide bonds. The molecule has 2 aromatic rings. The first-order valence-electron chi connectivity index (χ1n) is 7.57. The summed E-state index contributed by atoms with van der Waals surface area (Å²) < 4.78 is 0. The average molecular weight is 282 g/mol. The van der Waals surface area contributed by atoms with Crippen LogP contribution in [0.1, 0.15) is 15.9 Å². The van der Waals surface area contributed by atoms with E-state index in [2.05, 4.69) is 42.0 Å². The summed E-state index contributed by atoms with van der Waals surface area (Å²) in [7, 11) is 2.13. The monoisotopic (exact) mass is 282 g/mol. The van der Waals surface area contributed by atoms with E-state index in [-0.39, 0.29) is 5.78 Å². The molecule has 0 spiro atoms. The van der Waals surface area contributed by atoms with E-state index < -0.39 is 0 Å². The summed E-state index contributed by atoms with van der Waals surface area (Å²) in [5.41, 5.74) is 2.08. The normalized spacial score (nSPS) is 17.2. The Morgan fingerprint density at radius 1 is 1.00 bits per heavy atom. The molecule has 3 rings (SSSR count). The predicted octanol–water partition coefficient (Wildman–Crippen LogP) is 2.58. The number of ketones is 1. The van der Waals surface area contributed by atoms with Gasteiger partial charge in [0, 0.05) is 31.7 Å². The summed E-state index contributed by atoms with van der Waals surface area (Å²) in [5, 5.41) is 2.26. The van der Waals surface area contributed by atoms with Gasteiger partial charge < -0.3 is 4.90 Å². The second-order valence-electron chi connectivity index (χ2n) is 5.98. The molecule has 0 saturated carbocycles. The number of likely N-dealkylation sites (N-methyl/N-ethyl adjacent to an activating group) is 1. The largest absolute Gasteiger partial charge is 0.304 e. The molecule has 3 heteroatoms. The third-order valence-electron chi connectivity index (χ3n) is 4.41. The topological polar surface area (TPSA) is 23.6 Å². The number of aryl methyl sites for hydroxylation is 1. The predicted molar refractivity (Wildman–Crippen MR) is 87.0 cm³/mol. The molecular formula is C18H22N2O. The number of nitrogens with zero attached hydrogens (tertiary/aromatic N) is 2. The van der Waals surface area contributed by atoms with E-state index in [9.17, 15) is 4.79 Å². The van der Waals surface area contributed by atoms with Crippen LogP contribution in [0.2, 0.25) is 0 Å². The average Bonchev–Trinajstić information content (AvgIpc) is 2.50. The molecule has 1 fully saturated rings. The Hall–Kier alpha value is -1.71. The van der Waals surface area contributed by atoms with Gasteiger partial charge in [-0.15, -0.1) is 0 Å². The minimum Gasteiger partial charge on any atom is -0.304 e. The Balaban J connectivity index is 1.83. The SMILES string of the molecule is Cc1ccc(C(=O)CN2CCN(C)CC2)c2ccccc12. The number of carbonyl (C=O) groups excluding carboxylic acids is 1. The molecule has 0 atom stereocenters. The van der Waals surface area contributed by atoms with Crippen LogP contribution in [0.5, 0.6) is 0 Å². The highest BCUT2D eigenvalue weighted by atomic mass is 16.1. The van der Waals surface area contributed by atoms with Crippen LogP contribution in [-0.4, -0.2) is 55.4 Å². The molecule has 21 heavy (non-hydrogen) atoms. The number of benzene rings is 2. The van der Waals surface area contributed by atoms with Crippen molar-refractivity contribution in [2.75, 3.05) is 39.8 Å². The van der Waals surface area contributed by atoms with Gasteiger partial charge in [0.05, 0.1) is 6.54 Å². The Bertz CT molecular complexity index is 657. The molecule has 1 aliphatic heterocycles. The number of hydrogen-bond acceptors (Lipinski definition) is 3. The van der Waals surface area contributed by atoms with E-state index in [4.69, 9.17) is 0 Å². The lowest BCUT2D eigenvalue weighted by atomic mass is 9.97. The van der Waals surface area contributed by atoms with E-state index in [1.807, 2.05) is 18.2 Å². The summed E-state index contributed by atoms with van der Waals surface area (Å²) in [6, 6.07) is 12.2. The lowest BCUT2D eigenvalue weighted by molar-refractivity contribution is 0.0878. The van der Waals surface area contributed by atoms with Crippen LogP contribution in [0.4, 0.5) is 0 Å². The van der Waals surface area contributed by atoms with Gasteiger partial charge in [0.25, 0.3) is 0 Å². The summed E-state index contributed by atoms with van der Waals surface area (Å²) in [4.78, 5) is 17.2. The maximum atomic E-state index is 12.7. The molecule has 0 aliphatic carbocycles. The van der Waals surface area contributed by atoms with Crippen molar-refractivity contribution < 1.29 is 4.79 Å². The molecule has 3 nitrogen and oxygen atoms in total. The minimum absolute atomic E-state index is 0.232. The zero-order valence-electron chi connectivity index (χ0n) is 12.8. The van der Waals surface area contributed by atoms with Gasteiger partial charge in [-0.05, 0) is 30.3 Å². The van der Waals surface area contributed by atoms with Gasteiger partial charge in [0.2, 0.25) is 0 Å². The fourth-order valence-electron chi connectivity index (χ4n) is 2.99. The maximum Gasteiger partial charge on any atom is 0.177 e. The van der Waals surface area contributed by atoms with E-state index in [1.165, 1.54) is 10.9 Å². The molecule has 0 radical (unpaired) electrons. The first-order chi connectivity index (χ1) is 10.1. The molecule has 110 valence electrons. The van der Waals surface area contributed by atoms with Crippen LogP contribution in [0, 0.1) is 6.92 Å². The summed E-state index contributed by atoms with van der Waals surface area (Å²) in [6.07, 6.45) is 0. The molecular weight excluding hydrogens is 260 g/mol. The van der Waals surface area contributed by atoms with E-state index in [0.29, 0.717) is 6.54 Å². The first-order valence-corrected chi connectivity index (χ1v) is 7.57. The molecule has 0 aromatic heterocycles. The lowest BCUT2D eigenvalue weighted by Crippen LogP contribution is -2.46. The van der Waals surface area contributed by atoms with Gasteiger partial charge in [-0.3, -0.25) is 9.69 Å². The van der Waals surface area contributed by atoms with Crippen molar-refractivity contribution in [1.29, 1.82) is 0 Å². The summed E-state index contributed by atoms with van der Waals surface area (Å²) in [5.74, 6) is 0.232. The molecule has 0 bridgehead atoms. The summed E-state index contributed by atoms with van der Waals surface area (Å²) >= 11 is 0. The van der Waals surface area contributed by atoms with Gasteiger partial charge in [0.15, 0.2) is 5.78 Å². The number of piperazine rings is 1. The van der Waals surface area contributed by atoms with Gasteiger partial charge >= 0.3 is 0 Å². The Kier molecular flexibility index (Phi) is 4.04. The fourth-order valence-corrected chi connectivity index (χ4v) is 2.99. The number of Topliss-reactive ketones (excluding diaryl/α,β-unsaturated/α-hetero) is 1. The molecule has 2 aromatic carbocycles. The van der Waals surface area contributed by atoms with Crippen LogP contribution in [0.15, 0.2) is 36.4 Å². The third kappa shape index (κ3) is 2.99. The number of rotatable bonds is 3. The molecule has 0 N–H and O–H groups in total. The molecule has 0 unspecified atom stereocenters. The van der Waals surface area contributed by atoms with E-state index in [1.54, 1.807) is 0 Å². The number of carbonyl (C=O) groups is 1. The maximum absolute atomic E-state index is 12.7. The third-order valence-corrected chi connectivity index (χ3v) is 4.41. The van der Waals surface area contributed by atoms with Crippen molar-refractivity contribution in [2.45, 2.75) is 6.92 Å². The second-order valence-corrected chi connectivity index (χ2v) is 5.98. The van der Waals surface area contributed by atoms with Crippen molar-refractivity contribution in [2.24, 2.45) is 0 Å². The van der Waals surface area contributed by atoms with Crippen molar-refractivity contribution in [3.63, 3.8) is 0 Å². The minimum atomic E-state index is 0.232. The van der Waals surface area contributed by atoms with Crippen molar-refractivity contribution in [3.05, 3.63) is 47.5 Å². The standard InChI is InChI=1S/C18H22N2O/c1-14-7-8-17(16-6-4-3-5-15(14)16)18(21)13-20-11-9-19(2)10-12-20/h3-8H,9-13H2,1-2H3. The second kappa shape index (κ2) is 5.96. The lowest BCUT2D eigenvalue weighted by Gasteiger charge is -2.31. The smallest absolute Gasteiger partial charge is 0.177 e. The van der Waals surface area contributed by atoms with Crippen molar-refractivity contribution in [1.82, 2.24) is 9.80 Å². The Labute approximate surface area is 126 Å². The molecule has 1 saturated heterocycles. The van der Waals surface area contributed by atoms with Crippen molar-refractivity contribution >= 4 is 16.6 Å². The highest BCUT2D eigenvalue weighted by Gasteiger charge is 2.18. The van der Waals surface area contributed by atoms with Crippen LogP contribution >= 0.6 is 0 Å². The Morgan fingerprint density at radius 3 is 2.38 bits per heavy atom. The van der Waals surface area contributed by atoms with Crippen molar-refractivity contribution in [3.8, 4) is 0 Å². The number of hydrogen-bond donors (Lipinski definition) is 0. The van der Waals surface area contributed by atoms with Gasteiger partial charge in [0.1, 0.15) is 0 Å². The molecule has 1 aliphatic rings. The van der Waals surface area contributed by atoms with Crippen LogP contribution in [0.3, 0.4) is 0 Å². The van der Waals surface area contributed by atoms with Crippen LogP contribution in [0.25, 0.3) is 10.8 Å². The van der Waals surface area contributed by atoms with Crippen LogP contribution < -0.4 is 0 Å². The van der Waals surface area contributed by atoms with E-state index >= 15 is 0 Å². The summed E-state index contributed by atoms with van der Waals surface area (Å²) in [6.45, 7) is 6.67. The highest BCUT2D eigenvalue weighted by Crippen LogP contribution is 2.23. The van der Waals surface area contributed by atoms with Crippen LogP contribution in [-0.2, 0) is 0 Å².